The van der Waals surface area contributed by atoms with Gasteiger partial charge in [-0.05, 0) is 25.3 Å². The number of nitrogens with zero attached hydrogens (tertiary/aromatic N) is 1. The summed E-state index contributed by atoms with van der Waals surface area (Å²) in [7, 11) is -3.36. The maximum absolute atomic E-state index is 13.6. The summed E-state index contributed by atoms with van der Waals surface area (Å²) in [5.74, 6) is -1.29. The summed E-state index contributed by atoms with van der Waals surface area (Å²) < 4.78 is 52.0. The molecule has 0 spiro atoms. The molecule has 0 unspecified atom stereocenters. The monoisotopic (exact) mass is 289 g/mol. The molecular formula is C13H17F2NO2S. The topological polar surface area (TPSA) is 37.4 Å². The van der Waals surface area contributed by atoms with Crippen molar-refractivity contribution in [3.05, 3.63) is 35.4 Å². The molecule has 0 aromatic heterocycles. The predicted molar refractivity (Wildman–Crippen MR) is 69.0 cm³/mol. The molecule has 1 fully saturated rings. The summed E-state index contributed by atoms with van der Waals surface area (Å²) >= 11 is 0. The van der Waals surface area contributed by atoms with E-state index in [4.69, 9.17) is 0 Å². The van der Waals surface area contributed by atoms with Crippen LogP contribution in [0.25, 0.3) is 0 Å². The van der Waals surface area contributed by atoms with Crippen LogP contribution >= 0.6 is 0 Å². The lowest BCUT2D eigenvalue weighted by atomic mass is 10.2. The smallest absolute Gasteiger partial charge is 0.212 e. The largest absolute Gasteiger partial charge is 0.214 e. The average Bonchev–Trinajstić information content (AvgIpc) is 3.11. The first-order valence-corrected chi connectivity index (χ1v) is 7.98. The second kappa shape index (κ2) is 5.54. The highest BCUT2D eigenvalue weighted by molar-refractivity contribution is 7.89. The summed E-state index contributed by atoms with van der Waals surface area (Å²) in [5, 5.41) is 0. The Bertz CT molecular complexity index is 556. The minimum Gasteiger partial charge on any atom is -0.212 e. The van der Waals surface area contributed by atoms with Crippen molar-refractivity contribution in [1.82, 2.24) is 4.31 Å². The zero-order valence-electron chi connectivity index (χ0n) is 10.8. The van der Waals surface area contributed by atoms with Gasteiger partial charge in [0.1, 0.15) is 11.6 Å². The molecule has 1 aliphatic rings. The first-order chi connectivity index (χ1) is 8.94. The van der Waals surface area contributed by atoms with E-state index in [9.17, 15) is 17.2 Å². The summed E-state index contributed by atoms with van der Waals surface area (Å²) in [6.07, 6.45) is 2.15. The van der Waals surface area contributed by atoms with Gasteiger partial charge >= 0.3 is 0 Å². The standard InChI is InChI=1S/C13H17F2NO2S/c1-2-7-19(17,18)16(12-5-6-12)9-10-3-4-11(14)8-13(10)15/h3-4,8,12H,2,5-7,9H2,1H3. The van der Waals surface area contributed by atoms with Gasteiger partial charge in [-0.3, -0.25) is 0 Å². The molecule has 0 heterocycles. The fraction of sp³-hybridized carbons (Fsp3) is 0.538. The van der Waals surface area contributed by atoms with Crippen molar-refractivity contribution in [3.8, 4) is 0 Å². The van der Waals surface area contributed by atoms with Gasteiger partial charge in [-0.1, -0.05) is 13.0 Å². The highest BCUT2D eigenvalue weighted by Gasteiger charge is 2.36. The SMILES string of the molecule is CCCS(=O)(=O)N(Cc1ccc(F)cc1F)C1CC1. The molecule has 6 heteroatoms. The molecule has 19 heavy (non-hydrogen) atoms. The summed E-state index contributed by atoms with van der Waals surface area (Å²) in [6.45, 7) is 1.78. The predicted octanol–water partition coefficient (Wildman–Crippen LogP) is 2.67. The number of hydrogen-bond donors (Lipinski definition) is 0. The lowest BCUT2D eigenvalue weighted by Gasteiger charge is -2.22. The molecule has 0 atom stereocenters. The molecule has 1 aliphatic carbocycles. The molecule has 2 rings (SSSR count). The van der Waals surface area contributed by atoms with Gasteiger partial charge < -0.3 is 0 Å². The van der Waals surface area contributed by atoms with Crippen LogP contribution in [0.3, 0.4) is 0 Å². The van der Waals surface area contributed by atoms with E-state index in [-0.39, 0.29) is 23.9 Å². The molecule has 3 nitrogen and oxygen atoms in total. The van der Waals surface area contributed by atoms with Crippen molar-refractivity contribution in [2.45, 2.75) is 38.8 Å². The van der Waals surface area contributed by atoms with Gasteiger partial charge in [-0.15, -0.1) is 0 Å². The zero-order valence-corrected chi connectivity index (χ0v) is 11.6. The van der Waals surface area contributed by atoms with E-state index in [1.807, 2.05) is 0 Å². The molecule has 0 bridgehead atoms. The van der Waals surface area contributed by atoms with Gasteiger partial charge in [0, 0.05) is 24.2 Å². The summed E-state index contributed by atoms with van der Waals surface area (Å²) in [6, 6.07) is 3.21. The van der Waals surface area contributed by atoms with E-state index in [0.717, 1.165) is 25.0 Å². The Hall–Kier alpha value is -1.01. The number of benzene rings is 1. The van der Waals surface area contributed by atoms with Crippen LogP contribution in [0.1, 0.15) is 31.7 Å². The van der Waals surface area contributed by atoms with Crippen LogP contribution in [-0.2, 0) is 16.6 Å². The van der Waals surface area contributed by atoms with Crippen molar-refractivity contribution in [2.24, 2.45) is 0 Å². The van der Waals surface area contributed by atoms with Crippen LogP contribution in [0.15, 0.2) is 18.2 Å². The minimum absolute atomic E-state index is 0.0148. The third kappa shape index (κ3) is 3.51. The first kappa shape index (κ1) is 14.4. The number of halogens is 2. The molecule has 106 valence electrons. The Morgan fingerprint density at radius 1 is 1.32 bits per heavy atom. The molecule has 0 saturated heterocycles. The maximum atomic E-state index is 13.6. The highest BCUT2D eigenvalue weighted by atomic mass is 32.2. The van der Waals surface area contributed by atoms with Gasteiger partial charge in [-0.2, -0.15) is 4.31 Å². The fourth-order valence-corrected chi connectivity index (χ4v) is 3.76. The second-order valence-corrected chi connectivity index (χ2v) is 6.87. The van der Waals surface area contributed by atoms with Crippen LogP contribution in [0.5, 0.6) is 0 Å². The van der Waals surface area contributed by atoms with Crippen LogP contribution in [-0.4, -0.2) is 24.5 Å². The van der Waals surface area contributed by atoms with E-state index in [2.05, 4.69) is 0 Å². The van der Waals surface area contributed by atoms with E-state index in [1.165, 1.54) is 10.4 Å². The first-order valence-electron chi connectivity index (χ1n) is 6.37. The second-order valence-electron chi connectivity index (χ2n) is 4.83. The molecule has 1 aromatic rings. The Morgan fingerprint density at radius 2 is 2.00 bits per heavy atom. The lowest BCUT2D eigenvalue weighted by Crippen LogP contribution is -2.34. The van der Waals surface area contributed by atoms with Crippen molar-refractivity contribution >= 4 is 10.0 Å². The van der Waals surface area contributed by atoms with Crippen LogP contribution in [0.2, 0.25) is 0 Å². The fourth-order valence-electron chi connectivity index (χ4n) is 2.01. The number of sulfonamides is 1. The van der Waals surface area contributed by atoms with Gasteiger partial charge in [0.05, 0.1) is 5.75 Å². The zero-order chi connectivity index (χ0) is 14.0. The van der Waals surface area contributed by atoms with E-state index >= 15 is 0 Å². The highest BCUT2D eigenvalue weighted by Crippen LogP contribution is 2.31. The summed E-state index contributed by atoms with van der Waals surface area (Å²) in [4.78, 5) is 0. The van der Waals surface area contributed by atoms with Gasteiger partial charge in [0.15, 0.2) is 0 Å². The normalized spacial score (nSPS) is 16.0. The maximum Gasteiger partial charge on any atom is 0.214 e. The molecule has 0 amide bonds. The third-order valence-corrected chi connectivity index (χ3v) is 5.18. The quantitative estimate of drug-likeness (QED) is 0.807. The molecule has 0 aliphatic heterocycles. The van der Waals surface area contributed by atoms with Gasteiger partial charge in [-0.25, -0.2) is 17.2 Å². The summed E-state index contributed by atoms with van der Waals surface area (Å²) in [5.41, 5.74) is 0.216. The molecular weight excluding hydrogens is 272 g/mol. The Balaban J connectivity index is 2.22. The van der Waals surface area contributed by atoms with Crippen molar-refractivity contribution in [1.29, 1.82) is 0 Å². The number of hydrogen-bond acceptors (Lipinski definition) is 2. The lowest BCUT2D eigenvalue weighted by molar-refractivity contribution is 0.390. The molecule has 0 N–H and O–H groups in total. The average molecular weight is 289 g/mol. The molecule has 1 saturated carbocycles. The van der Waals surface area contributed by atoms with Crippen LogP contribution < -0.4 is 0 Å². The minimum atomic E-state index is -3.36. The van der Waals surface area contributed by atoms with E-state index < -0.39 is 21.7 Å². The van der Waals surface area contributed by atoms with Crippen molar-refractivity contribution < 1.29 is 17.2 Å². The Kier molecular flexibility index (Phi) is 4.20. The van der Waals surface area contributed by atoms with Crippen LogP contribution in [0.4, 0.5) is 8.78 Å². The van der Waals surface area contributed by atoms with Crippen LogP contribution in [0, 0.1) is 11.6 Å². The van der Waals surface area contributed by atoms with E-state index in [0.29, 0.717) is 6.42 Å². The Labute approximate surface area is 112 Å². The number of rotatable bonds is 6. The van der Waals surface area contributed by atoms with Crippen molar-refractivity contribution in [2.75, 3.05) is 5.75 Å². The van der Waals surface area contributed by atoms with Gasteiger partial charge in [0.25, 0.3) is 0 Å². The van der Waals surface area contributed by atoms with Gasteiger partial charge in [0.2, 0.25) is 10.0 Å². The van der Waals surface area contributed by atoms with E-state index in [1.54, 1.807) is 6.92 Å². The molecule has 0 radical (unpaired) electrons. The Morgan fingerprint density at radius 3 is 2.53 bits per heavy atom. The van der Waals surface area contributed by atoms with Crippen molar-refractivity contribution in [3.63, 3.8) is 0 Å². The molecule has 1 aromatic carbocycles. The third-order valence-electron chi connectivity index (χ3n) is 3.11.